The van der Waals surface area contributed by atoms with Crippen molar-refractivity contribution in [3.8, 4) is 0 Å². The predicted octanol–water partition coefficient (Wildman–Crippen LogP) is -0.653. The second-order valence-electron chi connectivity index (χ2n) is 4.49. The van der Waals surface area contributed by atoms with Gasteiger partial charge in [0.05, 0.1) is 6.61 Å². The van der Waals surface area contributed by atoms with Crippen LogP contribution in [0.15, 0.2) is 17.1 Å². The minimum absolute atomic E-state index is 0.213. The molecule has 1 aromatic rings. The number of aromatic nitrogens is 2. The van der Waals surface area contributed by atoms with Crippen molar-refractivity contribution < 1.29 is 32.5 Å². The van der Waals surface area contributed by atoms with Crippen molar-refractivity contribution >= 4 is 5.82 Å². The maximum Gasteiger partial charge on any atom is 0.422 e. The normalized spacial score (nSPS) is 33.3. The van der Waals surface area contributed by atoms with Crippen LogP contribution in [0.25, 0.3) is 0 Å². The Morgan fingerprint density at radius 1 is 1.52 bits per heavy atom. The Balaban J connectivity index is 2.47. The van der Waals surface area contributed by atoms with E-state index < -0.39 is 42.6 Å². The number of nitrogens with zero attached hydrogens (tertiary/aromatic N) is 2. The van der Waals surface area contributed by atoms with E-state index in [9.17, 15) is 27.5 Å². The highest BCUT2D eigenvalue weighted by Gasteiger charge is 2.69. The molecule has 0 radical (unpaired) electrons. The van der Waals surface area contributed by atoms with Crippen LogP contribution in [-0.4, -0.2) is 50.4 Å². The molecule has 0 amide bonds. The highest BCUT2D eigenvalue weighted by atomic mass is 19.4. The maximum atomic E-state index is 14.0. The van der Waals surface area contributed by atoms with E-state index in [1.165, 1.54) is 0 Å². The van der Waals surface area contributed by atoms with E-state index in [0.29, 0.717) is 4.57 Å². The molecule has 0 unspecified atom stereocenters. The molecule has 2 heterocycles. The molecule has 0 saturated carbocycles. The first-order valence-electron chi connectivity index (χ1n) is 5.66. The van der Waals surface area contributed by atoms with Crippen molar-refractivity contribution in [2.45, 2.75) is 30.3 Å². The van der Waals surface area contributed by atoms with Crippen LogP contribution in [0.3, 0.4) is 0 Å². The SMILES string of the molecule is Nc1ccn([C@@H]2O[C@@](CO)(C(F)(F)F)[C@@H](O)[C@@H]2F)c(=O)n1. The van der Waals surface area contributed by atoms with Crippen molar-refractivity contribution in [3.05, 3.63) is 22.7 Å². The number of nitrogen functional groups attached to an aromatic ring is 1. The Kier molecular flexibility index (Phi) is 3.68. The molecule has 4 atom stereocenters. The Bertz CT molecular complexity index is 592. The zero-order valence-corrected chi connectivity index (χ0v) is 10.3. The van der Waals surface area contributed by atoms with E-state index in [2.05, 4.69) is 9.72 Å². The lowest BCUT2D eigenvalue weighted by atomic mass is 9.96. The lowest BCUT2D eigenvalue weighted by Gasteiger charge is -2.31. The molecule has 0 aromatic carbocycles. The average Bonchev–Trinajstić information content (AvgIpc) is 2.63. The van der Waals surface area contributed by atoms with Gasteiger partial charge < -0.3 is 20.7 Å². The summed E-state index contributed by atoms with van der Waals surface area (Å²) in [7, 11) is 0. The van der Waals surface area contributed by atoms with Gasteiger partial charge in [-0.05, 0) is 6.07 Å². The number of hydrogen-bond acceptors (Lipinski definition) is 6. The van der Waals surface area contributed by atoms with Gasteiger partial charge in [0.1, 0.15) is 11.9 Å². The number of nitrogens with two attached hydrogens (primary N) is 1. The van der Waals surface area contributed by atoms with Crippen molar-refractivity contribution in [2.24, 2.45) is 0 Å². The summed E-state index contributed by atoms with van der Waals surface area (Å²) in [5, 5.41) is 18.4. The quantitative estimate of drug-likeness (QED) is 0.626. The zero-order chi connectivity index (χ0) is 16.0. The topological polar surface area (TPSA) is 111 Å². The fraction of sp³-hybridized carbons (Fsp3) is 0.600. The van der Waals surface area contributed by atoms with Gasteiger partial charge >= 0.3 is 11.9 Å². The molecule has 2 rings (SSSR count). The van der Waals surface area contributed by atoms with Gasteiger partial charge in [-0.25, -0.2) is 9.18 Å². The van der Waals surface area contributed by atoms with Crippen LogP contribution in [-0.2, 0) is 4.74 Å². The number of aliphatic hydroxyl groups is 2. The molecule has 1 fully saturated rings. The summed E-state index contributed by atoms with van der Waals surface area (Å²) in [5.41, 5.74) is 0.545. The van der Waals surface area contributed by atoms with Gasteiger partial charge in [-0.1, -0.05) is 0 Å². The Hall–Kier alpha value is -1.72. The lowest BCUT2D eigenvalue weighted by Crippen LogP contribution is -2.56. The third-order valence-corrected chi connectivity index (χ3v) is 3.22. The summed E-state index contributed by atoms with van der Waals surface area (Å²) in [4.78, 5) is 14.8. The van der Waals surface area contributed by atoms with E-state index in [1.54, 1.807) is 0 Å². The van der Waals surface area contributed by atoms with Gasteiger partial charge in [-0.15, -0.1) is 0 Å². The predicted molar refractivity (Wildman–Crippen MR) is 59.8 cm³/mol. The standard InChI is InChI=1S/C10H11F4N3O4/c11-5-6(19)9(3-18,10(12,13)14)21-7(5)17-2-1-4(15)16-8(17)20/h1-2,5-7,18-19H,3H2,(H2,15,16,20)/t5-,6-,7+,9+/m0/s1. The third kappa shape index (κ3) is 2.26. The number of alkyl halides is 4. The van der Waals surface area contributed by atoms with Gasteiger partial charge in [0.25, 0.3) is 0 Å². The Labute approximate surface area is 114 Å². The minimum atomic E-state index is -5.24. The molecule has 7 nitrogen and oxygen atoms in total. The highest BCUT2D eigenvalue weighted by molar-refractivity contribution is 5.23. The summed E-state index contributed by atoms with van der Waals surface area (Å²) in [6.45, 7) is -1.70. The molecule has 1 aliphatic heterocycles. The molecule has 4 N–H and O–H groups in total. The molecule has 11 heteroatoms. The molecule has 0 aliphatic carbocycles. The number of ether oxygens (including phenoxy) is 1. The third-order valence-electron chi connectivity index (χ3n) is 3.22. The molecule has 21 heavy (non-hydrogen) atoms. The molecular formula is C10H11F4N3O4. The number of aliphatic hydroxyl groups excluding tert-OH is 2. The first kappa shape index (κ1) is 15.7. The summed E-state index contributed by atoms with van der Waals surface area (Å²) >= 11 is 0. The fourth-order valence-corrected chi connectivity index (χ4v) is 2.05. The minimum Gasteiger partial charge on any atom is -0.393 e. The fourth-order valence-electron chi connectivity index (χ4n) is 2.05. The van der Waals surface area contributed by atoms with Crippen molar-refractivity contribution in [1.29, 1.82) is 0 Å². The Morgan fingerprint density at radius 3 is 2.57 bits per heavy atom. The van der Waals surface area contributed by atoms with Crippen LogP contribution in [0.1, 0.15) is 6.23 Å². The summed E-state index contributed by atoms with van der Waals surface area (Å²) in [5.74, 6) is -0.213. The van der Waals surface area contributed by atoms with Crippen LogP contribution < -0.4 is 11.4 Å². The zero-order valence-electron chi connectivity index (χ0n) is 10.3. The first-order chi connectivity index (χ1) is 9.64. The van der Waals surface area contributed by atoms with Gasteiger partial charge in [0.15, 0.2) is 12.4 Å². The summed E-state index contributed by atoms with van der Waals surface area (Å²) in [6, 6.07) is 1.05. The summed E-state index contributed by atoms with van der Waals surface area (Å²) < 4.78 is 57.7. The van der Waals surface area contributed by atoms with Crippen molar-refractivity contribution in [2.75, 3.05) is 12.3 Å². The smallest absolute Gasteiger partial charge is 0.393 e. The molecule has 1 aromatic heterocycles. The number of rotatable bonds is 2. The Morgan fingerprint density at radius 2 is 2.14 bits per heavy atom. The molecule has 118 valence electrons. The second-order valence-corrected chi connectivity index (χ2v) is 4.49. The first-order valence-corrected chi connectivity index (χ1v) is 5.66. The molecule has 1 saturated heterocycles. The van der Waals surface area contributed by atoms with Gasteiger partial charge in [-0.3, -0.25) is 4.57 Å². The van der Waals surface area contributed by atoms with Crippen LogP contribution in [0.4, 0.5) is 23.4 Å². The van der Waals surface area contributed by atoms with Gasteiger partial charge in [0, 0.05) is 6.20 Å². The van der Waals surface area contributed by atoms with Crippen molar-refractivity contribution in [1.82, 2.24) is 9.55 Å². The summed E-state index contributed by atoms with van der Waals surface area (Å²) in [6.07, 6.45) is -11.7. The molecular weight excluding hydrogens is 302 g/mol. The number of hydrogen-bond donors (Lipinski definition) is 3. The maximum absolute atomic E-state index is 14.0. The van der Waals surface area contributed by atoms with Gasteiger partial charge in [-0.2, -0.15) is 18.2 Å². The van der Waals surface area contributed by atoms with Crippen LogP contribution >= 0.6 is 0 Å². The van der Waals surface area contributed by atoms with Crippen LogP contribution in [0.5, 0.6) is 0 Å². The average molecular weight is 313 g/mol. The van der Waals surface area contributed by atoms with E-state index in [-0.39, 0.29) is 5.82 Å². The van der Waals surface area contributed by atoms with E-state index in [4.69, 9.17) is 10.8 Å². The van der Waals surface area contributed by atoms with Crippen LogP contribution in [0, 0.1) is 0 Å². The van der Waals surface area contributed by atoms with E-state index >= 15 is 0 Å². The van der Waals surface area contributed by atoms with Gasteiger partial charge in [0.2, 0.25) is 5.60 Å². The van der Waals surface area contributed by atoms with Crippen molar-refractivity contribution in [3.63, 3.8) is 0 Å². The number of halogens is 4. The van der Waals surface area contributed by atoms with E-state index in [1.807, 2.05) is 0 Å². The largest absolute Gasteiger partial charge is 0.422 e. The lowest BCUT2D eigenvalue weighted by molar-refractivity contribution is -0.306. The van der Waals surface area contributed by atoms with Crippen LogP contribution in [0.2, 0.25) is 0 Å². The molecule has 0 spiro atoms. The molecule has 0 bridgehead atoms. The highest BCUT2D eigenvalue weighted by Crippen LogP contribution is 2.47. The van der Waals surface area contributed by atoms with E-state index in [0.717, 1.165) is 12.3 Å². The molecule has 1 aliphatic rings. The number of anilines is 1. The second kappa shape index (κ2) is 4.93. The monoisotopic (exact) mass is 313 g/mol.